The van der Waals surface area contributed by atoms with E-state index in [1.807, 2.05) is 31.3 Å². The van der Waals surface area contributed by atoms with Gasteiger partial charge in [-0.25, -0.2) is 0 Å². The van der Waals surface area contributed by atoms with Crippen molar-refractivity contribution in [1.82, 2.24) is 4.98 Å². The highest BCUT2D eigenvalue weighted by Crippen LogP contribution is 2.05. The topological polar surface area (TPSA) is 15.8 Å². The number of rotatable bonds is 2. The van der Waals surface area contributed by atoms with Crippen LogP contribution in [0.15, 0.2) is 24.9 Å². The number of H-pyrrole nitrogens is 1. The Kier molecular flexibility index (Phi) is 2.11. The number of hydrogen-bond donors (Lipinski definition) is 1. The van der Waals surface area contributed by atoms with Crippen molar-refractivity contribution in [3.05, 3.63) is 36.2 Å². The number of aromatic amines is 1. The Balaban J connectivity index is 2.87. The van der Waals surface area contributed by atoms with E-state index in [0.717, 1.165) is 5.69 Å². The van der Waals surface area contributed by atoms with Gasteiger partial charge in [0.1, 0.15) is 0 Å². The first-order chi connectivity index (χ1) is 4.86. The first kappa shape index (κ1) is 6.87. The maximum atomic E-state index is 3.65. The van der Waals surface area contributed by atoms with Gasteiger partial charge in [0.2, 0.25) is 0 Å². The monoisotopic (exact) mass is 133 g/mol. The predicted molar refractivity (Wildman–Crippen MR) is 45.6 cm³/mol. The molecule has 52 valence electrons. The highest BCUT2D eigenvalue weighted by atomic mass is 14.7. The molecule has 0 amide bonds. The summed E-state index contributed by atoms with van der Waals surface area (Å²) in [6, 6.07) is 2.05. The van der Waals surface area contributed by atoms with Crippen LogP contribution in [-0.2, 0) is 0 Å². The van der Waals surface area contributed by atoms with Crippen LogP contribution in [0.1, 0.15) is 18.2 Å². The average Bonchev–Trinajstić information content (AvgIpc) is 2.37. The number of allylic oxidation sites excluding steroid dienone is 1. The van der Waals surface area contributed by atoms with Crippen molar-refractivity contribution in [2.24, 2.45) is 0 Å². The van der Waals surface area contributed by atoms with E-state index in [2.05, 4.69) is 11.6 Å². The van der Waals surface area contributed by atoms with E-state index in [9.17, 15) is 0 Å². The molecule has 0 atom stereocenters. The van der Waals surface area contributed by atoms with Crippen molar-refractivity contribution in [1.29, 1.82) is 0 Å². The summed E-state index contributed by atoms with van der Waals surface area (Å²) in [4.78, 5) is 3.07. The van der Waals surface area contributed by atoms with E-state index >= 15 is 0 Å². The molecule has 10 heavy (non-hydrogen) atoms. The Morgan fingerprint density at radius 3 is 2.90 bits per heavy atom. The first-order valence-corrected chi connectivity index (χ1v) is 3.30. The average molecular weight is 133 g/mol. The fourth-order valence-electron chi connectivity index (χ4n) is 0.836. The van der Waals surface area contributed by atoms with Gasteiger partial charge in [0, 0.05) is 11.9 Å². The molecule has 0 spiro atoms. The number of hydrogen-bond acceptors (Lipinski definition) is 0. The molecule has 1 aromatic rings. The lowest BCUT2D eigenvalue weighted by atomic mass is 10.3. The fraction of sp³-hybridized carbons (Fsp3) is 0.111. The Morgan fingerprint density at radius 2 is 2.40 bits per heavy atom. The van der Waals surface area contributed by atoms with Gasteiger partial charge in [0.05, 0.1) is 0 Å². The third kappa shape index (κ3) is 1.38. The van der Waals surface area contributed by atoms with E-state index in [1.54, 1.807) is 6.08 Å². The van der Waals surface area contributed by atoms with Crippen molar-refractivity contribution in [3.63, 3.8) is 0 Å². The van der Waals surface area contributed by atoms with Gasteiger partial charge < -0.3 is 4.98 Å². The van der Waals surface area contributed by atoms with Crippen LogP contribution in [-0.4, -0.2) is 4.98 Å². The molecule has 0 aliphatic carbocycles. The summed E-state index contributed by atoms with van der Waals surface area (Å²) in [6.07, 6.45) is 7.81. The molecule has 0 fully saturated rings. The highest BCUT2D eigenvalue weighted by Gasteiger charge is 1.88. The van der Waals surface area contributed by atoms with E-state index in [4.69, 9.17) is 0 Å². The molecule has 1 heteroatoms. The minimum Gasteiger partial charge on any atom is -0.361 e. The smallest absolute Gasteiger partial charge is 0.0380 e. The van der Waals surface area contributed by atoms with Crippen LogP contribution < -0.4 is 0 Å². The van der Waals surface area contributed by atoms with Crippen LogP contribution in [0.25, 0.3) is 12.2 Å². The summed E-state index contributed by atoms with van der Waals surface area (Å²) in [5, 5.41) is 0. The van der Waals surface area contributed by atoms with Gasteiger partial charge in [-0.1, -0.05) is 18.7 Å². The van der Waals surface area contributed by atoms with E-state index in [-0.39, 0.29) is 0 Å². The fourth-order valence-corrected chi connectivity index (χ4v) is 0.836. The van der Waals surface area contributed by atoms with Crippen molar-refractivity contribution < 1.29 is 0 Å². The second-order valence-corrected chi connectivity index (χ2v) is 2.09. The van der Waals surface area contributed by atoms with Crippen LogP contribution in [0.5, 0.6) is 0 Å². The summed E-state index contributed by atoms with van der Waals surface area (Å²) in [6.45, 7) is 5.65. The van der Waals surface area contributed by atoms with Gasteiger partial charge in [-0.2, -0.15) is 0 Å². The van der Waals surface area contributed by atoms with Gasteiger partial charge in [-0.15, -0.1) is 0 Å². The van der Waals surface area contributed by atoms with E-state index < -0.39 is 0 Å². The summed E-state index contributed by atoms with van der Waals surface area (Å²) < 4.78 is 0. The highest BCUT2D eigenvalue weighted by molar-refractivity contribution is 5.54. The molecule has 0 aliphatic heterocycles. The molecule has 0 bridgehead atoms. The Bertz CT molecular complexity index is 243. The second kappa shape index (κ2) is 3.06. The molecule has 0 aliphatic rings. The summed E-state index contributed by atoms with van der Waals surface area (Å²) in [5.41, 5.74) is 2.26. The van der Waals surface area contributed by atoms with Crippen LogP contribution in [0, 0.1) is 0 Å². The molecule has 1 rings (SSSR count). The molecule has 0 saturated heterocycles. The number of aromatic nitrogens is 1. The summed E-state index contributed by atoms with van der Waals surface area (Å²) >= 11 is 0. The SMILES string of the molecule is C=Cc1cc(C=CC)c[nH]1. The van der Waals surface area contributed by atoms with Crippen LogP contribution in [0.4, 0.5) is 0 Å². The van der Waals surface area contributed by atoms with Crippen molar-refractivity contribution in [2.75, 3.05) is 0 Å². The third-order valence-corrected chi connectivity index (χ3v) is 1.31. The van der Waals surface area contributed by atoms with Crippen molar-refractivity contribution >= 4 is 12.2 Å². The molecule has 0 radical (unpaired) electrons. The maximum absolute atomic E-state index is 3.65. The van der Waals surface area contributed by atoms with Gasteiger partial charge in [0.25, 0.3) is 0 Å². The van der Waals surface area contributed by atoms with Gasteiger partial charge in [-0.05, 0) is 24.6 Å². The summed E-state index contributed by atoms with van der Waals surface area (Å²) in [7, 11) is 0. The summed E-state index contributed by atoms with van der Waals surface area (Å²) in [5.74, 6) is 0. The third-order valence-electron chi connectivity index (χ3n) is 1.31. The molecule has 0 aromatic carbocycles. The minimum absolute atomic E-state index is 1.06. The molecular weight excluding hydrogens is 122 g/mol. The molecule has 0 saturated carbocycles. The maximum Gasteiger partial charge on any atom is 0.0380 e. The zero-order valence-corrected chi connectivity index (χ0v) is 6.09. The lowest BCUT2D eigenvalue weighted by Crippen LogP contribution is -1.61. The molecular formula is C9H11N. The normalized spacial score (nSPS) is 10.5. The zero-order valence-electron chi connectivity index (χ0n) is 6.09. The van der Waals surface area contributed by atoms with Gasteiger partial charge >= 0.3 is 0 Å². The standard InChI is InChI=1S/C9H11N/c1-3-5-8-6-9(4-2)10-7-8/h3-7,10H,2H2,1H3. The lowest BCUT2D eigenvalue weighted by molar-refractivity contribution is 1.38. The minimum atomic E-state index is 1.06. The quantitative estimate of drug-likeness (QED) is 0.638. The second-order valence-electron chi connectivity index (χ2n) is 2.09. The van der Waals surface area contributed by atoms with E-state index in [0.29, 0.717) is 0 Å². The first-order valence-electron chi connectivity index (χ1n) is 3.30. The van der Waals surface area contributed by atoms with Crippen LogP contribution in [0.2, 0.25) is 0 Å². The largest absolute Gasteiger partial charge is 0.361 e. The van der Waals surface area contributed by atoms with Crippen LogP contribution in [0.3, 0.4) is 0 Å². The molecule has 1 heterocycles. The lowest BCUT2D eigenvalue weighted by Gasteiger charge is -1.77. The zero-order chi connectivity index (χ0) is 7.40. The van der Waals surface area contributed by atoms with Crippen molar-refractivity contribution in [3.8, 4) is 0 Å². The molecule has 1 aromatic heterocycles. The van der Waals surface area contributed by atoms with Gasteiger partial charge in [-0.3, -0.25) is 0 Å². The molecule has 1 N–H and O–H groups in total. The Morgan fingerprint density at radius 1 is 1.60 bits per heavy atom. The number of nitrogens with one attached hydrogen (secondary N) is 1. The van der Waals surface area contributed by atoms with Crippen LogP contribution >= 0.6 is 0 Å². The molecule has 1 nitrogen and oxygen atoms in total. The molecule has 0 unspecified atom stereocenters. The Hall–Kier alpha value is -1.24. The van der Waals surface area contributed by atoms with E-state index in [1.165, 1.54) is 5.56 Å². The van der Waals surface area contributed by atoms with Crippen molar-refractivity contribution in [2.45, 2.75) is 6.92 Å². The van der Waals surface area contributed by atoms with Gasteiger partial charge in [0.15, 0.2) is 0 Å². The predicted octanol–water partition coefficient (Wildman–Crippen LogP) is 2.69. The Labute approximate surface area is 61.1 Å².